The highest BCUT2D eigenvalue weighted by atomic mass is 16.3. The number of nitrogens with zero attached hydrogens (tertiary/aromatic N) is 1. The minimum Gasteiger partial charge on any atom is -0.468 e. The lowest BCUT2D eigenvalue weighted by Crippen LogP contribution is -2.37. The normalized spacial score (nSPS) is 13.4. The maximum absolute atomic E-state index is 5.32. The van der Waals surface area contributed by atoms with Gasteiger partial charge in [0.05, 0.1) is 12.8 Å². The molecule has 0 aliphatic carbocycles. The zero-order valence-electron chi connectivity index (χ0n) is 9.29. The van der Waals surface area contributed by atoms with Gasteiger partial charge in [-0.25, -0.2) is 0 Å². The molecule has 0 spiro atoms. The highest BCUT2D eigenvalue weighted by molar-refractivity contribution is 4.97. The summed E-state index contributed by atoms with van der Waals surface area (Å²) in [5.41, 5.74) is 0. The van der Waals surface area contributed by atoms with E-state index in [0.717, 1.165) is 25.4 Å². The van der Waals surface area contributed by atoms with Crippen LogP contribution in [0.1, 0.15) is 19.6 Å². The molecular weight excluding hydrogens is 176 g/mol. The summed E-state index contributed by atoms with van der Waals surface area (Å²) in [6.07, 6.45) is 1.73. The molecule has 3 heteroatoms. The third-order valence-corrected chi connectivity index (χ3v) is 2.43. The molecule has 1 aromatic heterocycles. The predicted octanol–water partition coefficient (Wildman–Crippen LogP) is 1.71. The molecule has 0 amide bonds. The van der Waals surface area contributed by atoms with E-state index in [1.807, 2.05) is 19.2 Å². The van der Waals surface area contributed by atoms with Crippen LogP contribution in [0.3, 0.4) is 0 Å². The summed E-state index contributed by atoms with van der Waals surface area (Å²) in [7, 11) is 1.99. The van der Waals surface area contributed by atoms with Crippen LogP contribution in [0.4, 0.5) is 0 Å². The van der Waals surface area contributed by atoms with Crippen LogP contribution in [0.5, 0.6) is 0 Å². The topological polar surface area (TPSA) is 28.4 Å². The Morgan fingerprint density at radius 2 is 2.36 bits per heavy atom. The van der Waals surface area contributed by atoms with Gasteiger partial charge in [0, 0.05) is 12.6 Å². The monoisotopic (exact) mass is 196 g/mol. The van der Waals surface area contributed by atoms with Crippen molar-refractivity contribution in [3.05, 3.63) is 24.2 Å². The lowest BCUT2D eigenvalue weighted by atomic mass is 10.3. The van der Waals surface area contributed by atoms with Gasteiger partial charge in [0.2, 0.25) is 0 Å². The van der Waals surface area contributed by atoms with Crippen LogP contribution in [-0.4, -0.2) is 31.1 Å². The summed E-state index contributed by atoms with van der Waals surface area (Å²) in [5, 5.41) is 3.24. The summed E-state index contributed by atoms with van der Waals surface area (Å²) in [6, 6.07) is 4.47. The molecule has 3 nitrogen and oxygen atoms in total. The summed E-state index contributed by atoms with van der Waals surface area (Å²) in [6.45, 7) is 7.35. The van der Waals surface area contributed by atoms with Crippen molar-refractivity contribution in [3.63, 3.8) is 0 Å². The first-order valence-electron chi connectivity index (χ1n) is 5.18. The van der Waals surface area contributed by atoms with Crippen molar-refractivity contribution in [2.24, 2.45) is 0 Å². The minimum atomic E-state index is 0.518. The fourth-order valence-electron chi connectivity index (χ4n) is 1.41. The number of rotatable bonds is 6. The highest BCUT2D eigenvalue weighted by Gasteiger charge is 2.08. The Kier molecular flexibility index (Phi) is 4.70. The number of hydrogen-bond donors (Lipinski definition) is 1. The summed E-state index contributed by atoms with van der Waals surface area (Å²) >= 11 is 0. The molecule has 0 saturated heterocycles. The van der Waals surface area contributed by atoms with Gasteiger partial charge < -0.3 is 9.73 Å². The van der Waals surface area contributed by atoms with Crippen LogP contribution in [0.15, 0.2) is 22.8 Å². The second-order valence-electron chi connectivity index (χ2n) is 3.60. The van der Waals surface area contributed by atoms with Crippen LogP contribution < -0.4 is 5.32 Å². The van der Waals surface area contributed by atoms with Gasteiger partial charge in [0.25, 0.3) is 0 Å². The Hall–Kier alpha value is -0.800. The molecule has 80 valence electrons. The Balaban J connectivity index is 2.39. The first-order chi connectivity index (χ1) is 6.76. The van der Waals surface area contributed by atoms with E-state index in [0.29, 0.717) is 6.04 Å². The maximum atomic E-state index is 5.32. The SMILES string of the molecule is CCN(Cc1ccco1)CC(C)NC. The van der Waals surface area contributed by atoms with Gasteiger partial charge in [-0.3, -0.25) is 4.90 Å². The van der Waals surface area contributed by atoms with E-state index >= 15 is 0 Å². The van der Waals surface area contributed by atoms with E-state index in [4.69, 9.17) is 4.42 Å². The van der Waals surface area contributed by atoms with Crippen molar-refractivity contribution < 1.29 is 4.42 Å². The van der Waals surface area contributed by atoms with Gasteiger partial charge in [-0.05, 0) is 32.6 Å². The third kappa shape index (κ3) is 3.52. The van der Waals surface area contributed by atoms with Crippen molar-refractivity contribution in [2.75, 3.05) is 20.1 Å². The molecule has 1 heterocycles. The summed E-state index contributed by atoms with van der Waals surface area (Å²) < 4.78 is 5.32. The predicted molar refractivity (Wildman–Crippen MR) is 58.2 cm³/mol. The van der Waals surface area contributed by atoms with Crippen molar-refractivity contribution in [2.45, 2.75) is 26.4 Å². The van der Waals surface area contributed by atoms with Gasteiger partial charge in [0.1, 0.15) is 5.76 Å². The fourth-order valence-corrected chi connectivity index (χ4v) is 1.41. The zero-order chi connectivity index (χ0) is 10.4. The standard InChI is InChI=1S/C11H20N2O/c1-4-13(8-10(2)12-3)9-11-6-5-7-14-11/h5-7,10,12H,4,8-9H2,1-3H3. The number of nitrogens with one attached hydrogen (secondary N) is 1. The first-order valence-corrected chi connectivity index (χ1v) is 5.18. The Morgan fingerprint density at radius 3 is 2.86 bits per heavy atom. The van der Waals surface area contributed by atoms with Crippen LogP contribution in [0.2, 0.25) is 0 Å². The summed E-state index contributed by atoms with van der Waals surface area (Å²) in [4.78, 5) is 2.36. The molecule has 1 aromatic rings. The molecule has 1 unspecified atom stereocenters. The van der Waals surface area contributed by atoms with E-state index in [-0.39, 0.29) is 0 Å². The second kappa shape index (κ2) is 5.83. The Labute approximate surface area is 86.1 Å². The molecule has 1 rings (SSSR count). The van der Waals surface area contributed by atoms with Crippen molar-refractivity contribution in [1.82, 2.24) is 10.2 Å². The molecule has 0 aliphatic heterocycles. The molecule has 0 aromatic carbocycles. The molecule has 0 fully saturated rings. The van der Waals surface area contributed by atoms with E-state index in [9.17, 15) is 0 Å². The second-order valence-corrected chi connectivity index (χ2v) is 3.60. The van der Waals surface area contributed by atoms with Gasteiger partial charge >= 0.3 is 0 Å². The molecule has 0 radical (unpaired) electrons. The fraction of sp³-hybridized carbons (Fsp3) is 0.636. The Morgan fingerprint density at radius 1 is 1.57 bits per heavy atom. The van der Waals surface area contributed by atoms with Crippen molar-refractivity contribution in [3.8, 4) is 0 Å². The quantitative estimate of drug-likeness (QED) is 0.751. The van der Waals surface area contributed by atoms with Gasteiger partial charge in [0.15, 0.2) is 0 Å². The minimum absolute atomic E-state index is 0.518. The van der Waals surface area contributed by atoms with Crippen molar-refractivity contribution >= 4 is 0 Å². The van der Waals surface area contributed by atoms with Crippen LogP contribution in [0.25, 0.3) is 0 Å². The van der Waals surface area contributed by atoms with E-state index in [1.54, 1.807) is 6.26 Å². The molecule has 0 bridgehead atoms. The number of furan rings is 1. The number of hydrogen-bond acceptors (Lipinski definition) is 3. The van der Waals surface area contributed by atoms with E-state index < -0.39 is 0 Å². The smallest absolute Gasteiger partial charge is 0.117 e. The van der Waals surface area contributed by atoms with Crippen LogP contribution in [-0.2, 0) is 6.54 Å². The van der Waals surface area contributed by atoms with Gasteiger partial charge in [-0.15, -0.1) is 0 Å². The molecule has 14 heavy (non-hydrogen) atoms. The zero-order valence-corrected chi connectivity index (χ0v) is 9.29. The summed E-state index contributed by atoms with van der Waals surface area (Å²) in [5.74, 6) is 1.04. The maximum Gasteiger partial charge on any atom is 0.117 e. The first kappa shape index (κ1) is 11.3. The molecular formula is C11H20N2O. The lowest BCUT2D eigenvalue weighted by molar-refractivity contribution is 0.236. The third-order valence-electron chi connectivity index (χ3n) is 2.43. The average Bonchev–Trinajstić information content (AvgIpc) is 2.69. The average molecular weight is 196 g/mol. The molecule has 1 atom stereocenters. The largest absolute Gasteiger partial charge is 0.468 e. The molecule has 0 aliphatic rings. The van der Waals surface area contributed by atoms with Crippen LogP contribution in [0, 0.1) is 0 Å². The van der Waals surface area contributed by atoms with Gasteiger partial charge in [-0.1, -0.05) is 6.92 Å². The Bertz CT molecular complexity index is 233. The van der Waals surface area contributed by atoms with Crippen LogP contribution >= 0.6 is 0 Å². The highest BCUT2D eigenvalue weighted by Crippen LogP contribution is 2.05. The number of likely N-dealkylation sites (N-methyl/N-ethyl adjacent to an activating group) is 2. The lowest BCUT2D eigenvalue weighted by Gasteiger charge is -2.22. The van der Waals surface area contributed by atoms with E-state index in [1.165, 1.54) is 0 Å². The molecule has 0 saturated carbocycles. The molecule has 1 N–H and O–H groups in total. The van der Waals surface area contributed by atoms with E-state index in [2.05, 4.69) is 24.1 Å². The van der Waals surface area contributed by atoms with Gasteiger partial charge in [-0.2, -0.15) is 0 Å². The van der Waals surface area contributed by atoms with Crippen molar-refractivity contribution in [1.29, 1.82) is 0 Å².